The Labute approximate surface area is 197 Å². The van der Waals surface area contributed by atoms with E-state index in [1.54, 1.807) is 0 Å². The zero-order valence-corrected chi connectivity index (χ0v) is 20.6. The third-order valence-electron chi connectivity index (χ3n) is 5.34. The molecule has 0 saturated carbocycles. The van der Waals surface area contributed by atoms with Crippen LogP contribution in [0, 0.1) is 6.92 Å². The van der Waals surface area contributed by atoms with Gasteiger partial charge in [-0.05, 0) is 20.8 Å². The number of aromatic nitrogens is 2. The van der Waals surface area contributed by atoms with Gasteiger partial charge in [0.05, 0.1) is 12.7 Å². The number of hydrogen-bond acceptors (Lipinski definition) is 12. The number of aromatic amines is 1. The first-order valence-corrected chi connectivity index (χ1v) is 13.3. The Balaban J connectivity index is 1.58. The molecule has 0 bridgehead atoms. The van der Waals surface area contributed by atoms with E-state index in [0.29, 0.717) is 0 Å². The molecule has 2 saturated heterocycles. The highest BCUT2D eigenvalue weighted by molar-refractivity contribution is 7.61. The molecule has 0 aromatic carbocycles. The van der Waals surface area contributed by atoms with E-state index in [4.69, 9.17) is 9.47 Å². The first kappa shape index (κ1) is 28.0. The lowest BCUT2D eigenvalue weighted by atomic mass is 9.91. The number of nitrogens with one attached hydrogen (secondary N) is 1. The highest BCUT2D eigenvalue weighted by Gasteiger charge is 2.47. The number of hydrogen-bond donors (Lipinski definition) is 5. The zero-order chi connectivity index (χ0) is 26.3. The van der Waals surface area contributed by atoms with Crippen LogP contribution in [0.5, 0.6) is 0 Å². The maximum absolute atomic E-state index is 12.2. The van der Waals surface area contributed by atoms with Crippen molar-refractivity contribution in [3.05, 3.63) is 32.6 Å². The molecule has 2 aliphatic heterocycles. The summed E-state index contributed by atoms with van der Waals surface area (Å²) in [5.74, 6) is -0.685. The van der Waals surface area contributed by atoms with Crippen LogP contribution in [0.4, 0.5) is 0 Å². The molecule has 3 rings (SSSR count). The van der Waals surface area contributed by atoms with Crippen LogP contribution in [0.15, 0.2) is 15.8 Å². The highest BCUT2D eigenvalue weighted by atomic mass is 31.3. The minimum atomic E-state index is -5.31. The molecule has 198 valence electrons. The van der Waals surface area contributed by atoms with Gasteiger partial charge in [0.1, 0.15) is 24.0 Å². The second-order valence-electron chi connectivity index (χ2n) is 8.38. The summed E-state index contributed by atoms with van der Waals surface area (Å²) in [5, 5.41) is 20.2. The van der Waals surface area contributed by atoms with Crippen molar-refractivity contribution >= 4 is 21.4 Å². The number of aryl methyl sites for hydroxylation is 1. The number of phosphoric ester groups is 2. The highest BCUT2D eigenvalue weighted by Crippen LogP contribution is 2.61. The number of H-pyrrole nitrogens is 1. The first-order valence-electron chi connectivity index (χ1n) is 10.3. The van der Waals surface area contributed by atoms with E-state index < -0.39 is 82.1 Å². The average Bonchev–Trinajstić information content (AvgIpc) is 3.06. The summed E-state index contributed by atoms with van der Waals surface area (Å²) >= 11 is 0. The van der Waals surface area contributed by atoms with Crippen molar-refractivity contribution in [1.29, 1.82) is 0 Å². The topological polar surface area (TPSA) is 233 Å². The lowest BCUT2D eigenvalue weighted by Gasteiger charge is -2.36. The Bertz CT molecular complexity index is 1180. The van der Waals surface area contributed by atoms with Gasteiger partial charge in [-0.3, -0.25) is 28.2 Å². The van der Waals surface area contributed by atoms with Crippen LogP contribution in [0.1, 0.15) is 38.5 Å². The van der Waals surface area contributed by atoms with Crippen molar-refractivity contribution in [3.63, 3.8) is 0 Å². The fraction of sp³-hybridized carbons (Fsp3) is 0.706. The molecule has 0 radical (unpaired) electrons. The summed E-state index contributed by atoms with van der Waals surface area (Å²) in [5.41, 5.74) is -3.12. The second kappa shape index (κ2) is 10.1. The summed E-state index contributed by atoms with van der Waals surface area (Å²) in [4.78, 5) is 57.1. The third kappa shape index (κ3) is 6.81. The summed E-state index contributed by atoms with van der Waals surface area (Å²) in [6.07, 6.45) is -5.81. The maximum Gasteiger partial charge on any atom is 0.483 e. The number of aliphatic hydroxyl groups excluding tert-OH is 1. The Morgan fingerprint density at radius 3 is 2.51 bits per heavy atom. The lowest BCUT2D eigenvalue weighted by molar-refractivity contribution is -0.201. The minimum Gasteiger partial charge on any atom is -0.390 e. The van der Waals surface area contributed by atoms with E-state index in [-0.39, 0.29) is 12.0 Å². The normalized spacial score (nSPS) is 34.9. The summed E-state index contributed by atoms with van der Waals surface area (Å²) in [7, 11) is -10.6. The van der Waals surface area contributed by atoms with Gasteiger partial charge in [0.25, 0.3) is 5.56 Å². The number of phosphoric acid groups is 2. The summed E-state index contributed by atoms with van der Waals surface area (Å²) in [6, 6.07) is 0. The van der Waals surface area contributed by atoms with Gasteiger partial charge in [0.15, 0.2) is 12.1 Å². The molecule has 1 aromatic rings. The number of rotatable bonds is 8. The molecule has 18 heteroatoms. The van der Waals surface area contributed by atoms with Crippen LogP contribution in [0.25, 0.3) is 0 Å². The molecule has 0 amide bonds. The molecule has 5 N–H and O–H groups in total. The van der Waals surface area contributed by atoms with Crippen molar-refractivity contribution in [3.8, 4) is 0 Å². The van der Waals surface area contributed by atoms with Crippen LogP contribution in [0.2, 0.25) is 0 Å². The number of carbonyl (C=O) groups excluding carboxylic acids is 1. The fourth-order valence-electron chi connectivity index (χ4n) is 3.59. The largest absolute Gasteiger partial charge is 0.483 e. The number of Topliss-reactive ketones (excluding diaryl/α,β-unsaturated/α-hetero) is 1. The van der Waals surface area contributed by atoms with Crippen molar-refractivity contribution in [2.24, 2.45) is 0 Å². The van der Waals surface area contributed by atoms with Crippen LogP contribution in [0.3, 0.4) is 0 Å². The van der Waals surface area contributed by atoms with Crippen LogP contribution >= 0.6 is 15.6 Å². The minimum absolute atomic E-state index is 0.131. The molecule has 16 nitrogen and oxygen atoms in total. The van der Waals surface area contributed by atoms with Gasteiger partial charge in [-0.25, -0.2) is 13.9 Å². The van der Waals surface area contributed by atoms with Crippen LogP contribution in [-0.4, -0.2) is 72.1 Å². The molecule has 0 aliphatic carbocycles. The molecule has 3 heterocycles. The quantitative estimate of drug-likeness (QED) is 0.252. The monoisotopic (exact) mass is 544 g/mol. The van der Waals surface area contributed by atoms with Gasteiger partial charge in [-0.15, -0.1) is 0 Å². The number of carbonyl (C=O) groups is 1. The molecule has 0 spiro atoms. The van der Waals surface area contributed by atoms with E-state index in [1.807, 2.05) is 0 Å². The molecule has 8 atom stereocenters. The molecule has 2 aliphatic rings. The van der Waals surface area contributed by atoms with Gasteiger partial charge in [0, 0.05) is 24.6 Å². The van der Waals surface area contributed by atoms with Gasteiger partial charge in [-0.1, -0.05) is 0 Å². The van der Waals surface area contributed by atoms with Gasteiger partial charge >= 0.3 is 21.3 Å². The molecular weight excluding hydrogens is 518 g/mol. The maximum atomic E-state index is 12.2. The summed E-state index contributed by atoms with van der Waals surface area (Å²) in [6.45, 7) is 3.09. The Morgan fingerprint density at radius 2 is 1.89 bits per heavy atom. The van der Waals surface area contributed by atoms with E-state index in [9.17, 15) is 43.5 Å². The molecule has 2 unspecified atom stereocenters. The van der Waals surface area contributed by atoms with Crippen molar-refractivity contribution in [2.75, 3.05) is 6.61 Å². The van der Waals surface area contributed by atoms with E-state index >= 15 is 0 Å². The van der Waals surface area contributed by atoms with Crippen molar-refractivity contribution < 1.29 is 56.8 Å². The Hall–Kier alpha value is -1.55. The van der Waals surface area contributed by atoms with Crippen molar-refractivity contribution in [1.82, 2.24) is 9.55 Å². The first-order chi connectivity index (χ1) is 16.0. The van der Waals surface area contributed by atoms with Gasteiger partial charge in [-0.2, -0.15) is 4.31 Å². The molecule has 35 heavy (non-hydrogen) atoms. The number of aliphatic hydroxyl groups is 2. The Kier molecular flexibility index (Phi) is 8.07. The molecule has 1 aromatic heterocycles. The second-order valence-corrected chi connectivity index (χ2v) is 11.4. The standard InChI is InChI=1S/C17H26N2O14P2/c1-8-6-19(16(23)18-15(8)22)12-4-10(20)11(31-12)7-29-34(25,26)33-35(27,28)32-13-5-17(3,24)14(21)9(2)30-13/h6,9-13,20,24H,4-5,7H2,1-3H3,(H,25,26)(H,27,28)(H,18,22,23)/t9-,10-,11+,12+,13+,17+/m0/s1. The number of nitrogens with zero attached hydrogens (tertiary/aromatic N) is 1. The van der Waals surface area contributed by atoms with Gasteiger partial charge < -0.3 is 29.5 Å². The number of ketones is 1. The predicted octanol–water partition coefficient (Wildman–Crippen LogP) is -0.801. The smallest absolute Gasteiger partial charge is 0.390 e. The van der Waals surface area contributed by atoms with E-state index in [1.165, 1.54) is 20.0 Å². The molecular formula is C17H26N2O14P2. The van der Waals surface area contributed by atoms with Crippen LogP contribution < -0.4 is 11.2 Å². The summed E-state index contributed by atoms with van der Waals surface area (Å²) < 4.78 is 49.5. The van der Waals surface area contributed by atoms with Crippen molar-refractivity contribution in [2.45, 2.75) is 70.0 Å². The van der Waals surface area contributed by atoms with E-state index in [2.05, 4.69) is 18.3 Å². The SMILES string of the molecule is Cc1cn([C@H]2C[C@H](O)[C@@H](COP(=O)(O)OP(=O)(O)O[C@@H]3C[C@@](C)(O)C(=O)[C@H](C)O3)O2)c(=O)[nH]c1=O. The Morgan fingerprint density at radius 1 is 1.23 bits per heavy atom. The van der Waals surface area contributed by atoms with Crippen LogP contribution in [-0.2, 0) is 36.8 Å². The average molecular weight is 544 g/mol. The third-order valence-corrected chi connectivity index (χ3v) is 7.97. The van der Waals surface area contributed by atoms with Gasteiger partial charge in [0.2, 0.25) is 0 Å². The number of ether oxygens (including phenoxy) is 2. The lowest BCUT2D eigenvalue weighted by Crippen LogP contribution is -2.51. The zero-order valence-electron chi connectivity index (χ0n) is 18.8. The van der Waals surface area contributed by atoms with E-state index in [0.717, 1.165) is 11.5 Å². The predicted molar refractivity (Wildman–Crippen MR) is 113 cm³/mol. The molecule has 2 fully saturated rings. The fourth-order valence-corrected chi connectivity index (χ4v) is 5.73.